The number of hydrogen-bond acceptors (Lipinski definition) is 3. The standard InChI is InChI=1S/C16H9ClF2N2O3/c17-9-4-6-10(7-5-9)20-8-13(22)21(16(20)24)15(23)14-11(18)2-1-3-12(14)19/h1-8,22H. The first-order chi connectivity index (χ1) is 11.4. The van der Waals surface area contributed by atoms with Gasteiger partial charge in [0.1, 0.15) is 17.2 Å². The predicted octanol–water partition coefficient (Wildman–Crippen LogP) is 2.96. The molecule has 0 unspecified atom stereocenters. The van der Waals surface area contributed by atoms with Crippen LogP contribution >= 0.6 is 11.6 Å². The smallest absolute Gasteiger partial charge is 0.342 e. The van der Waals surface area contributed by atoms with Gasteiger partial charge in [0.25, 0.3) is 5.91 Å². The van der Waals surface area contributed by atoms with Crippen molar-refractivity contribution in [3.05, 3.63) is 81.4 Å². The molecule has 24 heavy (non-hydrogen) atoms. The lowest BCUT2D eigenvalue weighted by molar-refractivity contribution is 0.0938. The van der Waals surface area contributed by atoms with E-state index in [1.165, 1.54) is 24.3 Å². The van der Waals surface area contributed by atoms with Gasteiger partial charge in [-0.25, -0.2) is 13.6 Å². The van der Waals surface area contributed by atoms with Crippen LogP contribution in [0.15, 0.2) is 53.5 Å². The van der Waals surface area contributed by atoms with Gasteiger partial charge < -0.3 is 5.11 Å². The minimum atomic E-state index is -1.30. The van der Waals surface area contributed by atoms with E-state index in [-0.39, 0.29) is 4.57 Å². The number of aromatic nitrogens is 2. The Hall–Kier alpha value is -2.93. The van der Waals surface area contributed by atoms with Crippen molar-refractivity contribution in [2.24, 2.45) is 0 Å². The molecular weight excluding hydrogens is 342 g/mol. The normalized spacial score (nSPS) is 10.8. The molecule has 8 heteroatoms. The molecule has 0 fully saturated rings. The van der Waals surface area contributed by atoms with Gasteiger partial charge in [-0.15, -0.1) is 0 Å². The largest absolute Gasteiger partial charge is 0.493 e. The predicted molar refractivity (Wildman–Crippen MR) is 82.8 cm³/mol. The maximum absolute atomic E-state index is 13.7. The van der Waals surface area contributed by atoms with Gasteiger partial charge in [-0.3, -0.25) is 9.36 Å². The second-order valence-corrected chi connectivity index (χ2v) is 5.29. The first-order valence-corrected chi connectivity index (χ1v) is 7.06. The fraction of sp³-hybridized carbons (Fsp3) is 0. The van der Waals surface area contributed by atoms with Gasteiger partial charge in [0.2, 0.25) is 5.88 Å². The zero-order chi connectivity index (χ0) is 17.4. The van der Waals surface area contributed by atoms with Crippen LogP contribution in [0.25, 0.3) is 5.69 Å². The Bertz CT molecular complexity index is 973. The van der Waals surface area contributed by atoms with Crippen molar-refractivity contribution in [1.82, 2.24) is 9.13 Å². The third-order valence-corrected chi connectivity index (χ3v) is 3.61. The maximum Gasteiger partial charge on any atom is 0.342 e. The van der Waals surface area contributed by atoms with Crippen LogP contribution in [-0.2, 0) is 0 Å². The monoisotopic (exact) mass is 350 g/mol. The quantitative estimate of drug-likeness (QED) is 0.773. The Kier molecular flexibility index (Phi) is 3.94. The summed E-state index contributed by atoms with van der Waals surface area (Å²) in [6, 6.07) is 8.85. The Morgan fingerprint density at radius 2 is 1.62 bits per heavy atom. The molecule has 0 spiro atoms. The fourth-order valence-corrected chi connectivity index (χ4v) is 2.35. The van der Waals surface area contributed by atoms with Gasteiger partial charge in [-0.2, -0.15) is 4.57 Å². The van der Waals surface area contributed by atoms with E-state index in [9.17, 15) is 23.5 Å². The molecule has 0 aliphatic rings. The number of halogens is 3. The van der Waals surface area contributed by atoms with Gasteiger partial charge in [-0.1, -0.05) is 17.7 Å². The molecule has 1 N–H and O–H groups in total. The molecule has 1 heterocycles. The number of benzene rings is 2. The van der Waals surface area contributed by atoms with Gasteiger partial charge in [0, 0.05) is 5.02 Å². The molecule has 3 rings (SSSR count). The maximum atomic E-state index is 13.7. The number of aromatic hydroxyl groups is 1. The molecule has 2 aromatic carbocycles. The lowest BCUT2D eigenvalue weighted by Gasteiger charge is -2.05. The molecule has 0 atom stereocenters. The van der Waals surface area contributed by atoms with Crippen molar-refractivity contribution in [1.29, 1.82) is 0 Å². The average molecular weight is 351 g/mol. The highest BCUT2D eigenvalue weighted by atomic mass is 35.5. The minimum absolute atomic E-state index is 0.288. The Morgan fingerprint density at radius 3 is 2.21 bits per heavy atom. The third kappa shape index (κ3) is 2.59. The molecule has 0 aliphatic carbocycles. The zero-order valence-electron chi connectivity index (χ0n) is 11.9. The minimum Gasteiger partial charge on any atom is -0.493 e. The second-order valence-electron chi connectivity index (χ2n) is 4.85. The summed E-state index contributed by atoms with van der Waals surface area (Å²) in [5.41, 5.74) is -1.58. The molecule has 0 saturated heterocycles. The molecular formula is C16H9ClF2N2O3. The summed E-state index contributed by atoms with van der Waals surface area (Å²) in [7, 11) is 0. The molecule has 0 amide bonds. The van der Waals surface area contributed by atoms with E-state index in [0.717, 1.165) is 29.0 Å². The number of carbonyl (C=O) groups excluding carboxylic acids is 1. The topological polar surface area (TPSA) is 64.2 Å². The number of imidazole rings is 1. The van der Waals surface area contributed by atoms with E-state index in [0.29, 0.717) is 10.7 Å². The summed E-state index contributed by atoms with van der Waals surface area (Å²) in [5, 5.41) is 10.3. The van der Waals surface area contributed by atoms with Crippen LogP contribution in [0.2, 0.25) is 5.02 Å². The van der Waals surface area contributed by atoms with Crippen molar-refractivity contribution in [2.75, 3.05) is 0 Å². The van der Waals surface area contributed by atoms with E-state index >= 15 is 0 Å². The zero-order valence-corrected chi connectivity index (χ0v) is 12.7. The summed E-state index contributed by atoms with van der Waals surface area (Å²) >= 11 is 5.76. The average Bonchev–Trinajstić information content (AvgIpc) is 2.82. The highest BCUT2D eigenvalue weighted by Gasteiger charge is 2.24. The first kappa shape index (κ1) is 15.9. The van der Waals surface area contributed by atoms with Crippen LogP contribution in [0.4, 0.5) is 8.78 Å². The molecule has 0 bridgehead atoms. The second kappa shape index (κ2) is 5.93. The van der Waals surface area contributed by atoms with Crippen LogP contribution in [0.5, 0.6) is 5.88 Å². The molecule has 1 aromatic heterocycles. The summed E-state index contributed by atoms with van der Waals surface area (Å²) in [6.45, 7) is 0. The van der Waals surface area contributed by atoms with E-state index in [1.807, 2.05) is 0 Å². The number of carbonyl (C=O) groups is 1. The van der Waals surface area contributed by atoms with E-state index in [2.05, 4.69) is 0 Å². The van der Waals surface area contributed by atoms with Crippen LogP contribution < -0.4 is 5.69 Å². The lowest BCUT2D eigenvalue weighted by atomic mass is 10.2. The van der Waals surface area contributed by atoms with E-state index in [1.54, 1.807) is 0 Å². The molecule has 3 aromatic rings. The fourth-order valence-electron chi connectivity index (χ4n) is 2.23. The molecule has 5 nitrogen and oxygen atoms in total. The number of rotatable bonds is 2. The van der Waals surface area contributed by atoms with Gasteiger partial charge >= 0.3 is 5.69 Å². The summed E-state index contributed by atoms with van der Waals surface area (Å²) in [5.74, 6) is -4.32. The first-order valence-electron chi connectivity index (χ1n) is 6.68. The Morgan fingerprint density at radius 1 is 1.04 bits per heavy atom. The van der Waals surface area contributed by atoms with Crippen molar-refractivity contribution in [2.45, 2.75) is 0 Å². The van der Waals surface area contributed by atoms with Crippen molar-refractivity contribution in [3.8, 4) is 11.6 Å². The Balaban J connectivity index is 2.15. The van der Waals surface area contributed by atoms with Crippen LogP contribution in [0, 0.1) is 11.6 Å². The molecule has 0 aliphatic heterocycles. The van der Waals surface area contributed by atoms with Crippen LogP contribution in [0.1, 0.15) is 10.4 Å². The van der Waals surface area contributed by atoms with Crippen molar-refractivity contribution < 1.29 is 18.7 Å². The van der Waals surface area contributed by atoms with Gasteiger partial charge in [0.15, 0.2) is 0 Å². The summed E-state index contributed by atoms with van der Waals surface area (Å²) < 4.78 is 28.7. The number of hydrogen-bond donors (Lipinski definition) is 1. The van der Waals surface area contributed by atoms with E-state index < -0.39 is 34.7 Å². The summed E-state index contributed by atoms with van der Waals surface area (Å²) in [4.78, 5) is 24.7. The van der Waals surface area contributed by atoms with Crippen LogP contribution in [0.3, 0.4) is 0 Å². The van der Waals surface area contributed by atoms with Gasteiger partial charge in [-0.05, 0) is 36.4 Å². The summed E-state index contributed by atoms with van der Waals surface area (Å²) in [6.07, 6.45) is 0.974. The SMILES string of the molecule is O=C(c1c(F)cccc1F)n1c(O)cn(-c2ccc(Cl)cc2)c1=O. The third-order valence-electron chi connectivity index (χ3n) is 3.36. The lowest BCUT2D eigenvalue weighted by Crippen LogP contribution is -2.29. The molecule has 0 saturated carbocycles. The number of nitrogens with zero attached hydrogens (tertiary/aromatic N) is 2. The van der Waals surface area contributed by atoms with E-state index in [4.69, 9.17) is 11.6 Å². The highest BCUT2D eigenvalue weighted by Crippen LogP contribution is 2.18. The van der Waals surface area contributed by atoms with Gasteiger partial charge in [0.05, 0.1) is 11.9 Å². The van der Waals surface area contributed by atoms with Crippen molar-refractivity contribution >= 4 is 17.5 Å². The Labute approximate surface area is 139 Å². The highest BCUT2D eigenvalue weighted by molar-refractivity contribution is 6.30. The molecule has 0 radical (unpaired) electrons. The van der Waals surface area contributed by atoms with Crippen molar-refractivity contribution in [3.63, 3.8) is 0 Å². The molecule has 122 valence electrons. The van der Waals surface area contributed by atoms with Crippen LogP contribution in [-0.4, -0.2) is 20.1 Å².